The van der Waals surface area contributed by atoms with Gasteiger partial charge < -0.3 is 5.32 Å². The van der Waals surface area contributed by atoms with Gasteiger partial charge in [0, 0.05) is 11.5 Å². The molecule has 0 aromatic carbocycles. The largest absolute Gasteiger partial charge is 0.347 e. The molecule has 2 N–H and O–H groups in total. The number of carbonyl (C=O) groups excluding carboxylic acids is 1. The highest BCUT2D eigenvalue weighted by atomic mass is 16.2. The first-order valence-corrected chi connectivity index (χ1v) is 6.62. The van der Waals surface area contributed by atoms with Crippen molar-refractivity contribution in [1.29, 1.82) is 0 Å². The van der Waals surface area contributed by atoms with Crippen molar-refractivity contribution >= 4 is 5.91 Å². The van der Waals surface area contributed by atoms with Gasteiger partial charge in [-0.2, -0.15) is 0 Å². The van der Waals surface area contributed by atoms with Gasteiger partial charge in [0.15, 0.2) is 0 Å². The molecule has 1 heterocycles. The van der Waals surface area contributed by atoms with E-state index in [0.29, 0.717) is 0 Å². The van der Waals surface area contributed by atoms with Crippen LogP contribution in [0.2, 0.25) is 0 Å². The minimum absolute atomic E-state index is 0.126. The molecule has 1 aromatic heterocycles. The molecule has 0 spiro atoms. The molecule has 1 amide bonds. The van der Waals surface area contributed by atoms with E-state index in [1.54, 1.807) is 0 Å². The lowest BCUT2D eigenvalue weighted by atomic mass is 9.96. The van der Waals surface area contributed by atoms with Gasteiger partial charge in [-0.1, -0.05) is 41.0 Å². The van der Waals surface area contributed by atoms with Crippen LogP contribution in [0.4, 0.5) is 0 Å². The number of nitrogens with zero attached hydrogens (tertiary/aromatic N) is 2. The van der Waals surface area contributed by atoms with E-state index in [1.807, 2.05) is 20.8 Å². The Kier molecular flexibility index (Phi) is 4.87. The van der Waals surface area contributed by atoms with Crippen LogP contribution < -0.4 is 5.32 Å². The zero-order chi connectivity index (χ0) is 13.8. The summed E-state index contributed by atoms with van der Waals surface area (Å²) in [5.41, 5.74) is -0.126. The molecule has 18 heavy (non-hydrogen) atoms. The lowest BCUT2D eigenvalue weighted by Gasteiger charge is -2.14. The van der Waals surface area contributed by atoms with Crippen molar-refractivity contribution in [2.45, 2.75) is 65.3 Å². The van der Waals surface area contributed by atoms with Crippen LogP contribution in [0.1, 0.15) is 70.3 Å². The fourth-order valence-electron chi connectivity index (χ4n) is 1.68. The fraction of sp³-hybridized carbons (Fsp3) is 0.769. The summed E-state index contributed by atoms with van der Waals surface area (Å²) in [6.45, 7) is 10.3. The first kappa shape index (κ1) is 14.7. The molecule has 1 atom stereocenters. The molecule has 0 aliphatic rings. The predicted octanol–water partition coefficient (Wildman–Crippen LogP) is 2.41. The van der Waals surface area contributed by atoms with Crippen molar-refractivity contribution in [2.24, 2.45) is 0 Å². The van der Waals surface area contributed by atoms with Gasteiger partial charge in [-0.25, -0.2) is 4.98 Å². The molecule has 5 nitrogen and oxygen atoms in total. The Bertz CT molecular complexity index is 392. The third-order valence-corrected chi connectivity index (χ3v) is 2.86. The lowest BCUT2D eigenvalue weighted by molar-refractivity contribution is 0.0923. The van der Waals surface area contributed by atoms with Gasteiger partial charge in [-0.05, 0) is 12.8 Å². The number of aromatic nitrogens is 3. The van der Waals surface area contributed by atoms with Crippen LogP contribution in [0.5, 0.6) is 0 Å². The second-order valence-electron chi connectivity index (χ2n) is 5.62. The highest BCUT2D eigenvalue weighted by Gasteiger charge is 2.22. The first-order valence-electron chi connectivity index (χ1n) is 6.62. The number of nitrogens with one attached hydrogen (secondary N) is 2. The Morgan fingerprint density at radius 3 is 2.50 bits per heavy atom. The van der Waals surface area contributed by atoms with Crippen LogP contribution in [-0.2, 0) is 5.41 Å². The van der Waals surface area contributed by atoms with Gasteiger partial charge >= 0.3 is 0 Å². The van der Waals surface area contributed by atoms with Crippen LogP contribution in [0.3, 0.4) is 0 Å². The maximum atomic E-state index is 12.0. The highest BCUT2D eigenvalue weighted by Crippen LogP contribution is 2.17. The Balaban J connectivity index is 2.70. The molecule has 0 aliphatic heterocycles. The summed E-state index contributed by atoms with van der Waals surface area (Å²) in [6, 6.07) is 0.207. The van der Waals surface area contributed by atoms with Crippen LogP contribution >= 0.6 is 0 Å². The molecule has 1 unspecified atom stereocenters. The molecule has 5 heteroatoms. The monoisotopic (exact) mass is 252 g/mol. The normalized spacial score (nSPS) is 13.4. The third-order valence-electron chi connectivity index (χ3n) is 2.86. The van der Waals surface area contributed by atoms with E-state index in [-0.39, 0.29) is 23.2 Å². The zero-order valence-electron chi connectivity index (χ0n) is 12.0. The van der Waals surface area contributed by atoms with E-state index in [4.69, 9.17) is 0 Å². The molecule has 1 aromatic rings. The Labute approximate surface area is 109 Å². The first-order chi connectivity index (χ1) is 8.38. The second-order valence-corrected chi connectivity index (χ2v) is 5.62. The van der Waals surface area contributed by atoms with Crippen LogP contribution in [0, 0.1) is 0 Å². The Hall–Kier alpha value is -1.39. The Morgan fingerprint density at radius 2 is 2.06 bits per heavy atom. The SMILES string of the molecule is CCCC(CC)NC(=O)c1n[nH]c(C(C)(C)C)n1. The predicted molar refractivity (Wildman–Crippen MR) is 71.5 cm³/mol. The van der Waals surface area contributed by atoms with Gasteiger partial charge in [-0.3, -0.25) is 9.89 Å². The fourth-order valence-corrected chi connectivity index (χ4v) is 1.68. The molecular weight excluding hydrogens is 228 g/mol. The summed E-state index contributed by atoms with van der Waals surface area (Å²) in [7, 11) is 0. The highest BCUT2D eigenvalue weighted by molar-refractivity contribution is 5.90. The van der Waals surface area contributed by atoms with Crippen molar-refractivity contribution in [2.75, 3.05) is 0 Å². The maximum absolute atomic E-state index is 12.0. The number of rotatable bonds is 5. The minimum Gasteiger partial charge on any atom is -0.347 e. The van der Waals surface area contributed by atoms with Crippen molar-refractivity contribution < 1.29 is 4.79 Å². The molecule has 0 saturated heterocycles. The number of H-pyrrole nitrogens is 1. The smallest absolute Gasteiger partial charge is 0.291 e. The average molecular weight is 252 g/mol. The number of carbonyl (C=O) groups is 1. The molecule has 102 valence electrons. The lowest BCUT2D eigenvalue weighted by Crippen LogP contribution is -2.35. The van der Waals surface area contributed by atoms with Crippen molar-refractivity contribution in [3.63, 3.8) is 0 Å². The average Bonchev–Trinajstić information content (AvgIpc) is 2.77. The summed E-state index contributed by atoms with van der Waals surface area (Å²) in [4.78, 5) is 16.2. The van der Waals surface area contributed by atoms with Crippen molar-refractivity contribution in [3.8, 4) is 0 Å². The maximum Gasteiger partial charge on any atom is 0.291 e. The van der Waals surface area contributed by atoms with Crippen molar-refractivity contribution in [3.05, 3.63) is 11.6 Å². The summed E-state index contributed by atoms with van der Waals surface area (Å²) in [5.74, 6) is 0.771. The van der Waals surface area contributed by atoms with E-state index in [0.717, 1.165) is 25.1 Å². The van der Waals surface area contributed by atoms with Gasteiger partial charge in [0.05, 0.1) is 0 Å². The van der Waals surface area contributed by atoms with E-state index in [2.05, 4.69) is 34.3 Å². The summed E-state index contributed by atoms with van der Waals surface area (Å²) in [5, 5.41) is 9.77. The molecule has 0 radical (unpaired) electrons. The molecule has 1 rings (SSSR count). The number of aromatic amines is 1. The van der Waals surface area contributed by atoms with Crippen LogP contribution in [0.25, 0.3) is 0 Å². The number of hydrogen-bond donors (Lipinski definition) is 2. The van der Waals surface area contributed by atoms with E-state index in [1.165, 1.54) is 0 Å². The van der Waals surface area contributed by atoms with E-state index in [9.17, 15) is 4.79 Å². The molecule has 0 bridgehead atoms. The number of amides is 1. The van der Waals surface area contributed by atoms with Crippen LogP contribution in [-0.4, -0.2) is 27.1 Å². The van der Waals surface area contributed by atoms with E-state index >= 15 is 0 Å². The van der Waals surface area contributed by atoms with Gasteiger partial charge in [0.1, 0.15) is 5.82 Å². The third kappa shape index (κ3) is 3.82. The minimum atomic E-state index is -0.193. The summed E-state index contributed by atoms with van der Waals surface area (Å²) >= 11 is 0. The second kappa shape index (κ2) is 5.98. The van der Waals surface area contributed by atoms with Gasteiger partial charge in [0.2, 0.25) is 5.82 Å². The standard InChI is InChI=1S/C13H24N4O/c1-6-8-9(7-2)14-11(18)10-15-12(17-16-10)13(3,4)5/h9H,6-8H2,1-5H3,(H,14,18)(H,15,16,17). The summed E-state index contributed by atoms with van der Waals surface area (Å²) < 4.78 is 0. The molecule has 0 aliphatic carbocycles. The topological polar surface area (TPSA) is 70.7 Å². The van der Waals surface area contributed by atoms with E-state index < -0.39 is 0 Å². The molecule has 0 fully saturated rings. The molecule has 0 saturated carbocycles. The quantitative estimate of drug-likeness (QED) is 0.845. The molecular formula is C13H24N4O. The van der Waals surface area contributed by atoms with Gasteiger partial charge in [0.25, 0.3) is 5.91 Å². The zero-order valence-corrected chi connectivity index (χ0v) is 12.0. The van der Waals surface area contributed by atoms with Crippen molar-refractivity contribution in [1.82, 2.24) is 20.5 Å². The number of hydrogen-bond acceptors (Lipinski definition) is 3. The van der Waals surface area contributed by atoms with Crippen LogP contribution in [0.15, 0.2) is 0 Å². The van der Waals surface area contributed by atoms with Gasteiger partial charge in [-0.15, -0.1) is 5.10 Å². The summed E-state index contributed by atoms with van der Waals surface area (Å²) in [6.07, 6.45) is 2.97. The Morgan fingerprint density at radius 1 is 1.39 bits per heavy atom.